The van der Waals surface area contributed by atoms with Gasteiger partial charge in [0.25, 0.3) is 6.43 Å². The molecule has 178 valence electrons. The molecule has 3 aromatic rings. The van der Waals surface area contributed by atoms with E-state index in [0.29, 0.717) is 29.4 Å². The summed E-state index contributed by atoms with van der Waals surface area (Å²) in [5.41, 5.74) is 7.60. The summed E-state index contributed by atoms with van der Waals surface area (Å²) in [7, 11) is 0. The molecular formula is C25H21F3N6O. The molecule has 2 saturated carbocycles. The lowest BCUT2D eigenvalue weighted by molar-refractivity contribution is 0.0367. The van der Waals surface area contributed by atoms with Crippen LogP contribution in [0.1, 0.15) is 30.4 Å². The van der Waals surface area contributed by atoms with Crippen LogP contribution in [-0.4, -0.2) is 28.5 Å². The normalized spacial score (nSPS) is 25.1. The summed E-state index contributed by atoms with van der Waals surface area (Å²) >= 11 is 0. The van der Waals surface area contributed by atoms with Gasteiger partial charge < -0.3 is 15.9 Å². The van der Waals surface area contributed by atoms with Crippen molar-refractivity contribution in [2.45, 2.75) is 37.3 Å². The Hall–Kier alpha value is -3.84. The van der Waals surface area contributed by atoms with Gasteiger partial charge in [-0.2, -0.15) is 0 Å². The topological polar surface area (TPSA) is 97.5 Å². The number of anilines is 2. The Balaban J connectivity index is 1.37. The number of amidine groups is 1. The molecule has 3 heterocycles. The standard InChI is InChI=1S/C25H21F3N6O/c26-19-6-5-16(10-17(19)25(23(27)28)18-11-20(18)34-35-24(29)33-25)32-22-21-15(7-8-30-22)9-14(12-31-21)4-3-13-1-2-13/h5-10,12-13,18,20,23,34H,1-2,11H2,(H2,29,33)(H,30,32)/t18-,20+,25+/m0/s1. The molecule has 35 heavy (non-hydrogen) atoms. The summed E-state index contributed by atoms with van der Waals surface area (Å²) in [4.78, 5) is 17.8. The molecule has 0 saturated heterocycles. The smallest absolute Gasteiger partial charge is 0.303 e. The highest BCUT2D eigenvalue weighted by Gasteiger charge is 2.62. The minimum Gasteiger partial charge on any atom is -0.371 e. The van der Waals surface area contributed by atoms with Crippen molar-refractivity contribution in [3.63, 3.8) is 0 Å². The van der Waals surface area contributed by atoms with Gasteiger partial charge in [-0.05, 0) is 49.6 Å². The van der Waals surface area contributed by atoms with Crippen molar-refractivity contribution in [3.8, 4) is 11.8 Å². The van der Waals surface area contributed by atoms with Gasteiger partial charge in [0.15, 0.2) is 11.4 Å². The highest BCUT2D eigenvalue weighted by atomic mass is 19.3. The third-order valence-corrected chi connectivity index (χ3v) is 6.56. The monoisotopic (exact) mass is 478 g/mol. The Kier molecular flexibility index (Phi) is 5.04. The first-order valence-electron chi connectivity index (χ1n) is 11.3. The van der Waals surface area contributed by atoms with Crippen LogP contribution in [0.5, 0.6) is 0 Å². The lowest BCUT2D eigenvalue weighted by atomic mass is 9.84. The number of nitrogens with two attached hydrogens (primary N) is 1. The SMILES string of the molecule is NC1=N[C@@](c2cc(Nc3nccc4cc(C#CC5CC5)cnc34)ccc2F)(C(F)F)[C@H]2C[C@H]2NO1. The number of nitrogens with zero attached hydrogens (tertiary/aromatic N) is 3. The maximum atomic E-state index is 15.0. The first-order valence-corrected chi connectivity index (χ1v) is 11.3. The number of hydrogen-bond donors (Lipinski definition) is 3. The van der Waals surface area contributed by atoms with Crippen molar-refractivity contribution in [1.82, 2.24) is 15.4 Å². The summed E-state index contributed by atoms with van der Waals surface area (Å²) in [6.45, 7) is 0. The molecule has 0 amide bonds. The molecular weight excluding hydrogens is 457 g/mol. The van der Waals surface area contributed by atoms with Crippen LogP contribution in [-0.2, 0) is 10.4 Å². The van der Waals surface area contributed by atoms with Crippen LogP contribution in [0.2, 0.25) is 0 Å². The van der Waals surface area contributed by atoms with Crippen LogP contribution in [0.15, 0.2) is 47.7 Å². The summed E-state index contributed by atoms with van der Waals surface area (Å²) < 4.78 is 44.1. The van der Waals surface area contributed by atoms with Gasteiger partial charge in [0.05, 0.1) is 0 Å². The molecule has 0 unspecified atom stereocenters. The Bertz CT molecular complexity index is 1410. The molecule has 1 aliphatic heterocycles. The van der Waals surface area contributed by atoms with Gasteiger partial charge in [-0.3, -0.25) is 4.98 Å². The van der Waals surface area contributed by atoms with E-state index < -0.39 is 35.8 Å². The van der Waals surface area contributed by atoms with Crippen LogP contribution >= 0.6 is 0 Å². The zero-order valence-electron chi connectivity index (χ0n) is 18.4. The summed E-state index contributed by atoms with van der Waals surface area (Å²) in [6.07, 6.45) is 2.93. The number of nitrogens with one attached hydrogen (secondary N) is 2. The van der Waals surface area contributed by atoms with Crippen molar-refractivity contribution >= 4 is 28.4 Å². The molecule has 3 aliphatic rings. The van der Waals surface area contributed by atoms with Crippen molar-refractivity contribution in [3.05, 3.63) is 59.7 Å². The number of hydroxylamine groups is 1. The second-order valence-electron chi connectivity index (χ2n) is 9.06. The quantitative estimate of drug-likeness (QED) is 0.491. The zero-order chi connectivity index (χ0) is 24.2. The largest absolute Gasteiger partial charge is 0.371 e. The Morgan fingerprint density at radius 2 is 2.06 bits per heavy atom. The number of rotatable bonds is 4. The van der Waals surface area contributed by atoms with Gasteiger partial charge in [-0.15, -0.1) is 5.48 Å². The fourth-order valence-electron chi connectivity index (χ4n) is 4.50. The number of halogens is 3. The minimum atomic E-state index is -3.00. The number of pyridine rings is 2. The Labute approximate surface area is 199 Å². The number of aliphatic imine (C=N–C) groups is 1. The van der Waals surface area contributed by atoms with E-state index in [9.17, 15) is 8.78 Å². The molecule has 6 rings (SSSR count). The van der Waals surface area contributed by atoms with E-state index in [2.05, 4.69) is 37.6 Å². The van der Waals surface area contributed by atoms with E-state index in [4.69, 9.17) is 10.6 Å². The van der Waals surface area contributed by atoms with Gasteiger partial charge in [0.1, 0.15) is 11.3 Å². The lowest BCUT2D eigenvalue weighted by Gasteiger charge is -2.29. The van der Waals surface area contributed by atoms with Gasteiger partial charge in [-0.25, -0.2) is 23.1 Å². The predicted octanol–water partition coefficient (Wildman–Crippen LogP) is 3.97. The molecule has 10 heteroatoms. The van der Waals surface area contributed by atoms with E-state index in [1.165, 1.54) is 12.1 Å². The summed E-state index contributed by atoms with van der Waals surface area (Å²) in [5, 5.41) is 3.92. The van der Waals surface area contributed by atoms with Gasteiger partial charge >= 0.3 is 6.02 Å². The number of benzene rings is 1. The van der Waals surface area contributed by atoms with E-state index in [0.717, 1.165) is 29.9 Å². The van der Waals surface area contributed by atoms with E-state index in [-0.39, 0.29) is 5.56 Å². The molecule has 0 bridgehead atoms. The third-order valence-electron chi connectivity index (χ3n) is 6.56. The lowest BCUT2D eigenvalue weighted by Crippen LogP contribution is -2.38. The number of aromatic nitrogens is 2. The van der Waals surface area contributed by atoms with Crippen LogP contribution < -0.4 is 16.5 Å². The van der Waals surface area contributed by atoms with Crippen LogP contribution in [0.3, 0.4) is 0 Å². The van der Waals surface area contributed by atoms with E-state index in [1.54, 1.807) is 12.4 Å². The molecule has 0 spiro atoms. The van der Waals surface area contributed by atoms with Crippen molar-refractivity contribution in [2.24, 2.45) is 22.6 Å². The maximum Gasteiger partial charge on any atom is 0.303 e. The van der Waals surface area contributed by atoms with Crippen LogP contribution in [0.25, 0.3) is 10.9 Å². The van der Waals surface area contributed by atoms with Crippen LogP contribution in [0, 0.1) is 29.5 Å². The highest BCUT2D eigenvalue weighted by molar-refractivity contribution is 5.90. The maximum absolute atomic E-state index is 15.0. The molecule has 2 aromatic heterocycles. The second-order valence-corrected chi connectivity index (χ2v) is 9.06. The fraction of sp³-hybridized carbons (Fsp3) is 0.320. The van der Waals surface area contributed by atoms with E-state index >= 15 is 4.39 Å². The first kappa shape index (κ1) is 21.7. The molecule has 0 radical (unpaired) electrons. The zero-order valence-corrected chi connectivity index (χ0v) is 18.4. The Morgan fingerprint density at radius 1 is 1.20 bits per heavy atom. The average Bonchev–Trinajstić information content (AvgIpc) is 3.75. The van der Waals surface area contributed by atoms with Crippen molar-refractivity contribution in [1.29, 1.82) is 0 Å². The molecule has 2 aliphatic carbocycles. The van der Waals surface area contributed by atoms with Gasteiger partial charge in [0, 0.05) is 52.5 Å². The fourth-order valence-corrected chi connectivity index (χ4v) is 4.50. The van der Waals surface area contributed by atoms with Crippen molar-refractivity contribution < 1.29 is 18.0 Å². The molecule has 7 nitrogen and oxygen atoms in total. The average molecular weight is 478 g/mol. The van der Waals surface area contributed by atoms with Crippen molar-refractivity contribution in [2.75, 3.05) is 5.32 Å². The Morgan fingerprint density at radius 3 is 2.86 bits per heavy atom. The number of hydrogen-bond acceptors (Lipinski definition) is 7. The predicted molar refractivity (Wildman–Crippen MR) is 124 cm³/mol. The van der Waals surface area contributed by atoms with Gasteiger partial charge in [0.2, 0.25) is 0 Å². The molecule has 1 aromatic carbocycles. The molecule has 4 N–H and O–H groups in total. The number of fused-ring (bicyclic) bond motifs is 2. The van der Waals surface area contributed by atoms with E-state index in [1.807, 2.05) is 12.1 Å². The third kappa shape index (κ3) is 3.91. The summed E-state index contributed by atoms with van der Waals surface area (Å²) in [5.74, 6) is 5.77. The van der Waals surface area contributed by atoms with Gasteiger partial charge in [-0.1, -0.05) is 11.8 Å². The second kappa shape index (κ2) is 8.13. The minimum absolute atomic E-state index is 0.258. The number of alkyl halides is 2. The highest BCUT2D eigenvalue weighted by Crippen LogP contribution is 2.54. The first-order chi connectivity index (χ1) is 16.9. The molecule has 3 atom stereocenters. The molecule has 2 fully saturated rings. The summed E-state index contributed by atoms with van der Waals surface area (Å²) in [6, 6.07) is 6.80. The van der Waals surface area contributed by atoms with Crippen LogP contribution in [0.4, 0.5) is 24.7 Å².